The van der Waals surface area contributed by atoms with E-state index in [9.17, 15) is 0 Å². The first-order valence-corrected chi connectivity index (χ1v) is 11.4. The number of rotatable bonds is 10. The van der Waals surface area contributed by atoms with Gasteiger partial charge in [0.05, 0.1) is 18.9 Å². The van der Waals surface area contributed by atoms with Gasteiger partial charge in [-0.2, -0.15) is 9.78 Å². The molecule has 33 heavy (non-hydrogen) atoms. The molecule has 0 fully saturated rings. The highest BCUT2D eigenvalue weighted by Gasteiger charge is 2.34. The Kier molecular flexibility index (Phi) is 10.1. The molecule has 0 aliphatic heterocycles. The van der Waals surface area contributed by atoms with Crippen LogP contribution >= 0.6 is 69.6 Å². The Bertz CT molecular complexity index is 927. The fraction of sp³-hybridized carbons (Fsp3) is 0.316. The number of alkyl halides is 6. The van der Waals surface area contributed by atoms with Gasteiger partial charge in [0, 0.05) is 5.56 Å². The third-order valence-corrected chi connectivity index (χ3v) is 4.59. The molecule has 0 saturated carbocycles. The van der Waals surface area contributed by atoms with E-state index in [1.54, 1.807) is 38.1 Å². The summed E-state index contributed by atoms with van der Waals surface area (Å²) in [5.74, 6) is -0.152. The topological polar surface area (TPSA) is 78.8 Å². The van der Waals surface area contributed by atoms with E-state index in [0.717, 1.165) is 0 Å². The molecule has 0 bridgehead atoms. The molecule has 2 aromatic rings. The average molecular weight is 579 g/mol. The minimum absolute atomic E-state index is 0.0754. The van der Waals surface area contributed by atoms with E-state index in [2.05, 4.69) is 28.1 Å². The van der Waals surface area contributed by atoms with Crippen molar-refractivity contribution in [3.8, 4) is 11.4 Å². The molecule has 14 heteroatoms. The minimum Gasteiger partial charge on any atom is -0.319 e. The van der Waals surface area contributed by atoms with Gasteiger partial charge >= 0.3 is 0 Å². The van der Waals surface area contributed by atoms with Crippen molar-refractivity contribution in [3.63, 3.8) is 0 Å². The molecule has 0 atom stereocenters. The molecule has 0 saturated heterocycles. The molecule has 2 rings (SSSR count). The lowest BCUT2D eigenvalue weighted by atomic mass is 10.2. The van der Waals surface area contributed by atoms with E-state index < -0.39 is 7.59 Å². The van der Waals surface area contributed by atoms with Crippen LogP contribution in [-0.4, -0.2) is 28.2 Å². The molecular weight excluding hydrogens is 561 g/mol. The van der Waals surface area contributed by atoms with Gasteiger partial charge in [0.2, 0.25) is 19.4 Å². The lowest BCUT2D eigenvalue weighted by molar-refractivity contribution is -0.272. The van der Waals surface area contributed by atoms with Gasteiger partial charge in [-0.3, -0.25) is 0 Å². The number of hydrogen-bond donors (Lipinski definition) is 0. The fourth-order valence-corrected chi connectivity index (χ4v) is 2.78. The standard InChI is InChI=1S/C19H18Cl6N4O4/c1-5-30-32-11(3)29(12(4)33-31-6-2)14-9-7-13(8-10-14)15-26-16(18(20,21)22)28-17(27-15)19(23,24)25/h7-10H,3-6H2,1-2H3. The van der Waals surface area contributed by atoms with Gasteiger partial charge in [-0.1, -0.05) is 69.6 Å². The van der Waals surface area contributed by atoms with Crippen LogP contribution in [0, 0.1) is 0 Å². The van der Waals surface area contributed by atoms with Crippen LogP contribution in [0.15, 0.2) is 49.2 Å². The zero-order valence-electron chi connectivity index (χ0n) is 17.3. The summed E-state index contributed by atoms with van der Waals surface area (Å²) in [6, 6.07) is 6.65. The van der Waals surface area contributed by atoms with Crippen molar-refractivity contribution in [2.75, 3.05) is 18.1 Å². The summed E-state index contributed by atoms with van der Waals surface area (Å²) in [6.45, 7) is 11.7. The van der Waals surface area contributed by atoms with Crippen LogP contribution in [0.5, 0.6) is 0 Å². The van der Waals surface area contributed by atoms with Crippen LogP contribution < -0.4 is 4.90 Å². The fourth-order valence-electron chi connectivity index (χ4n) is 2.27. The van der Waals surface area contributed by atoms with Gasteiger partial charge in [-0.15, -0.1) is 0 Å². The highest BCUT2D eigenvalue weighted by atomic mass is 35.6. The molecule has 1 aromatic carbocycles. The van der Waals surface area contributed by atoms with Crippen molar-refractivity contribution < 1.29 is 19.6 Å². The normalized spacial score (nSPS) is 11.8. The Morgan fingerprint density at radius 3 is 1.58 bits per heavy atom. The van der Waals surface area contributed by atoms with Crippen LogP contribution in [0.1, 0.15) is 25.5 Å². The Labute approximate surface area is 220 Å². The number of benzene rings is 1. The van der Waals surface area contributed by atoms with Gasteiger partial charge in [-0.05, 0) is 51.3 Å². The average Bonchev–Trinajstić information content (AvgIpc) is 2.75. The van der Waals surface area contributed by atoms with Gasteiger partial charge in [0.1, 0.15) is 0 Å². The van der Waals surface area contributed by atoms with E-state index in [1.807, 2.05) is 0 Å². The quantitative estimate of drug-likeness (QED) is 0.131. The van der Waals surface area contributed by atoms with Crippen molar-refractivity contribution in [3.05, 3.63) is 60.8 Å². The van der Waals surface area contributed by atoms with E-state index in [4.69, 9.17) is 89.2 Å². The van der Waals surface area contributed by atoms with Gasteiger partial charge in [0.15, 0.2) is 17.5 Å². The first kappa shape index (κ1) is 28.0. The second kappa shape index (κ2) is 12.0. The van der Waals surface area contributed by atoms with Crippen molar-refractivity contribution >= 4 is 75.3 Å². The molecule has 0 N–H and O–H groups in total. The SMILES string of the molecule is C=C(OOCC)N(C(=C)OOCC)c1ccc(-c2nc(C(Cl)(Cl)Cl)nc(C(Cl)(Cl)Cl)n2)cc1. The van der Waals surface area contributed by atoms with Crippen molar-refractivity contribution in [2.45, 2.75) is 21.4 Å². The zero-order valence-corrected chi connectivity index (χ0v) is 21.9. The summed E-state index contributed by atoms with van der Waals surface area (Å²) in [4.78, 5) is 33.9. The van der Waals surface area contributed by atoms with E-state index in [0.29, 0.717) is 24.5 Å². The summed E-state index contributed by atoms with van der Waals surface area (Å²) < 4.78 is -3.94. The maximum absolute atomic E-state index is 5.93. The highest BCUT2D eigenvalue weighted by molar-refractivity contribution is 6.67. The second-order valence-corrected chi connectivity index (χ2v) is 10.5. The summed E-state index contributed by atoms with van der Waals surface area (Å²) in [5, 5.41) is 0. The maximum Gasteiger partial charge on any atom is 0.250 e. The maximum atomic E-state index is 5.93. The first-order chi connectivity index (χ1) is 15.4. The Balaban J connectivity index is 2.46. The molecule has 0 unspecified atom stereocenters. The van der Waals surface area contributed by atoms with Crippen LogP contribution in [-0.2, 0) is 27.1 Å². The summed E-state index contributed by atoms with van der Waals surface area (Å²) in [7, 11) is 0. The Morgan fingerprint density at radius 2 is 1.21 bits per heavy atom. The lowest BCUT2D eigenvalue weighted by Crippen LogP contribution is -2.24. The molecule has 1 aromatic heterocycles. The monoisotopic (exact) mass is 576 g/mol. The number of anilines is 1. The van der Waals surface area contributed by atoms with Crippen LogP contribution in [0.2, 0.25) is 0 Å². The summed E-state index contributed by atoms with van der Waals surface area (Å²) in [5.41, 5.74) is 1.03. The number of hydrogen-bond acceptors (Lipinski definition) is 8. The highest BCUT2D eigenvalue weighted by Crippen LogP contribution is 2.41. The molecule has 180 valence electrons. The van der Waals surface area contributed by atoms with Gasteiger partial charge < -0.3 is 9.78 Å². The predicted molar refractivity (Wildman–Crippen MR) is 130 cm³/mol. The molecule has 1 heterocycles. The molecule has 0 spiro atoms. The minimum atomic E-state index is -1.97. The third kappa shape index (κ3) is 7.90. The number of halogens is 6. The van der Waals surface area contributed by atoms with Crippen LogP contribution in [0.25, 0.3) is 11.4 Å². The van der Waals surface area contributed by atoms with Gasteiger partial charge in [0.25, 0.3) is 0 Å². The van der Waals surface area contributed by atoms with Crippen molar-refractivity contribution in [2.24, 2.45) is 0 Å². The lowest BCUT2D eigenvalue weighted by Gasteiger charge is -2.25. The van der Waals surface area contributed by atoms with Crippen molar-refractivity contribution in [1.29, 1.82) is 0 Å². The Morgan fingerprint density at radius 1 is 0.788 bits per heavy atom. The van der Waals surface area contributed by atoms with Crippen LogP contribution in [0.4, 0.5) is 5.69 Å². The molecule has 0 amide bonds. The van der Waals surface area contributed by atoms with Gasteiger partial charge in [-0.25, -0.2) is 19.9 Å². The van der Waals surface area contributed by atoms with E-state index >= 15 is 0 Å². The molecular formula is C19H18Cl6N4O4. The molecule has 0 aliphatic carbocycles. The van der Waals surface area contributed by atoms with Crippen LogP contribution in [0.3, 0.4) is 0 Å². The molecule has 0 radical (unpaired) electrons. The largest absolute Gasteiger partial charge is 0.319 e. The Hall–Kier alpha value is -1.23. The van der Waals surface area contributed by atoms with Crippen molar-refractivity contribution in [1.82, 2.24) is 15.0 Å². The molecule has 0 aliphatic rings. The summed E-state index contributed by atoms with van der Waals surface area (Å²) in [6.07, 6.45) is 0. The third-order valence-electron chi connectivity index (χ3n) is 3.57. The smallest absolute Gasteiger partial charge is 0.250 e. The molecule has 8 nitrogen and oxygen atoms in total. The number of aromatic nitrogens is 3. The predicted octanol–water partition coefficient (Wildman–Crippen LogP) is 6.88. The van der Waals surface area contributed by atoms with E-state index in [1.165, 1.54) is 4.90 Å². The first-order valence-electron chi connectivity index (χ1n) is 9.16. The summed E-state index contributed by atoms with van der Waals surface area (Å²) >= 11 is 35.6. The zero-order chi connectivity index (χ0) is 24.8. The second-order valence-electron chi connectivity index (χ2n) is 5.95. The van der Waals surface area contributed by atoms with E-state index in [-0.39, 0.29) is 29.2 Å². The number of nitrogens with zero attached hydrogens (tertiary/aromatic N) is 4.